The fourth-order valence-electron chi connectivity index (χ4n) is 4.28. The summed E-state index contributed by atoms with van der Waals surface area (Å²) in [5.74, 6) is 0.0414. The molecule has 202 valence electrons. The Morgan fingerprint density at radius 1 is 1.22 bits per heavy atom. The van der Waals surface area contributed by atoms with Crippen LogP contribution in [0.5, 0.6) is 0 Å². The largest absolute Gasteiger partial charge is 0.417 e. The third kappa shape index (κ3) is 4.67. The number of aromatic nitrogens is 4. The van der Waals surface area contributed by atoms with Crippen LogP contribution in [0.1, 0.15) is 31.2 Å². The first-order valence-corrected chi connectivity index (χ1v) is 13.3. The molecule has 0 atom stereocenters. The second-order valence-electron chi connectivity index (χ2n) is 9.32. The van der Waals surface area contributed by atoms with E-state index in [0.29, 0.717) is 16.9 Å². The molecule has 0 spiro atoms. The number of piperidine rings is 1. The van der Waals surface area contributed by atoms with Crippen molar-refractivity contribution >= 4 is 32.6 Å². The van der Waals surface area contributed by atoms with Gasteiger partial charge in [0, 0.05) is 32.1 Å². The average molecular weight is 569 g/mol. The molecule has 0 aliphatic carbocycles. The molecule has 37 heavy (non-hydrogen) atoms. The fourth-order valence-corrected chi connectivity index (χ4v) is 6.37. The number of pyridine rings is 1. The predicted molar refractivity (Wildman–Crippen MR) is 121 cm³/mol. The summed E-state index contributed by atoms with van der Waals surface area (Å²) in [5, 5.41) is 16.7. The summed E-state index contributed by atoms with van der Waals surface area (Å²) in [5.41, 5.74) is -3.13. The van der Waals surface area contributed by atoms with Crippen molar-refractivity contribution in [3.63, 3.8) is 0 Å². The number of sulfonamides is 1. The number of ether oxygens (including phenoxy) is 1. The molecule has 2 aliphatic rings. The van der Waals surface area contributed by atoms with Crippen molar-refractivity contribution in [2.45, 2.75) is 48.4 Å². The summed E-state index contributed by atoms with van der Waals surface area (Å²) in [6.45, 7) is 1.53. The van der Waals surface area contributed by atoms with Crippen molar-refractivity contribution in [3.05, 3.63) is 23.5 Å². The summed E-state index contributed by atoms with van der Waals surface area (Å²) < 4.78 is 102. The third-order valence-corrected chi connectivity index (χ3v) is 8.94. The number of rotatable bonds is 6. The maximum atomic E-state index is 13.3. The number of nitrogens with one attached hydrogen (secondary N) is 1. The van der Waals surface area contributed by atoms with Gasteiger partial charge in [-0.05, 0) is 13.0 Å². The number of imidazole rings is 1. The van der Waals surface area contributed by atoms with E-state index < -0.39 is 51.6 Å². The van der Waals surface area contributed by atoms with Gasteiger partial charge in [0.15, 0.2) is 21.4 Å². The Bertz CT molecular complexity index is 1430. The van der Waals surface area contributed by atoms with E-state index in [1.54, 1.807) is 6.92 Å². The van der Waals surface area contributed by atoms with Crippen LogP contribution < -0.4 is 9.62 Å². The molecule has 5 heterocycles. The molecule has 0 saturated carbocycles. The van der Waals surface area contributed by atoms with Gasteiger partial charge in [-0.25, -0.2) is 26.9 Å². The molecule has 17 heteroatoms. The van der Waals surface area contributed by atoms with Gasteiger partial charge >= 0.3 is 6.18 Å². The first-order chi connectivity index (χ1) is 17.2. The monoisotopic (exact) mass is 568 g/mol. The molecule has 0 radical (unpaired) electrons. The molecule has 2 fully saturated rings. The normalized spacial score (nSPS) is 19.9. The lowest BCUT2D eigenvalue weighted by molar-refractivity contribution is -0.266. The van der Waals surface area contributed by atoms with E-state index in [1.165, 1.54) is 27.8 Å². The van der Waals surface area contributed by atoms with Crippen molar-refractivity contribution in [3.8, 4) is 10.8 Å². The molecule has 2 N–H and O–H groups in total. The molecular formula is C20H21F5N6O4S2. The topological polar surface area (TPSA) is 122 Å². The first kappa shape index (κ1) is 26.1. The smallest absolute Gasteiger partial charge is 0.380 e. The molecule has 2 saturated heterocycles. The SMILES string of the molecule is CC1(NS(=O)(=O)c2cc(N3CCC(O)(C(F)(F)F)CC3)c3cnc(-c4nnc(C(F)F)s4)n3c2)COC1. The van der Waals surface area contributed by atoms with Crippen molar-refractivity contribution < 1.29 is 40.2 Å². The van der Waals surface area contributed by atoms with E-state index in [0.717, 1.165) is 0 Å². The number of hydrogen-bond acceptors (Lipinski definition) is 9. The number of fused-ring (bicyclic) bond motifs is 1. The zero-order valence-corrected chi connectivity index (χ0v) is 20.8. The molecule has 0 bridgehead atoms. The van der Waals surface area contributed by atoms with Gasteiger partial charge in [0.05, 0.1) is 36.2 Å². The fraction of sp³-hybridized carbons (Fsp3) is 0.550. The first-order valence-electron chi connectivity index (χ1n) is 11.0. The Morgan fingerprint density at radius 2 is 1.89 bits per heavy atom. The molecule has 5 rings (SSSR count). The van der Waals surface area contributed by atoms with E-state index in [2.05, 4.69) is 19.9 Å². The van der Waals surface area contributed by atoms with Crippen LogP contribution in [-0.4, -0.2) is 76.7 Å². The van der Waals surface area contributed by atoms with E-state index in [9.17, 15) is 35.5 Å². The molecule has 3 aromatic heterocycles. The minimum atomic E-state index is -4.81. The summed E-state index contributed by atoms with van der Waals surface area (Å²) >= 11 is 0.585. The van der Waals surface area contributed by atoms with Crippen LogP contribution in [0.2, 0.25) is 0 Å². The van der Waals surface area contributed by atoms with Crippen molar-refractivity contribution in [1.82, 2.24) is 24.3 Å². The van der Waals surface area contributed by atoms with Crippen LogP contribution in [0.3, 0.4) is 0 Å². The third-order valence-electron chi connectivity index (χ3n) is 6.40. The molecular weight excluding hydrogens is 547 g/mol. The Labute approximate surface area is 211 Å². The van der Waals surface area contributed by atoms with Crippen LogP contribution in [0.4, 0.5) is 27.6 Å². The Hall–Kier alpha value is -2.47. The van der Waals surface area contributed by atoms with Crippen LogP contribution in [-0.2, 0) is 14.8 Å². The van der Waals surface area contributed by atoms with Gasteiger partial charge in [0.2, 0.25) is 10.0 Å². The highest BCUT2D eigenvalue weighted by atomic mass is 32.2. The summed E-state index contributed by atoms with van der Waals surface area (Å²) in [6, 6.07) is 1.31. The highest BCUT2D eigenvalue weighted by Crippen LogP contribution is 2.41. The highest BCUT2D eigenvalue weighted by Gasteiger charge is 2.54. The lowest BCUT2D eigenvalue weighted by Crippen LogP contribution is -2.59. The number of nitrogens with zero attached hydrogens (tertiary/aromatic N) is 5. The number of halogens is 5. The molecule has 2 aliphatic heterocycles. The minimum absolute atomic E-state index is 0.00759. The number of hydrogen-bond donors (Lipinski definition) is 2. The summed E-state index contributed by atoms with van der Waals surface area (Å²) in [4.78, 5) is 5.52. The Kier molecular flexibility index (Phi) is 6.21. The summed E-state index contributed by atoms with van der Waals surface area (Å²) in [7, 11) is -4.15. The second kappa shape index (κ2) is 8.79. The Balaban J connectivity index is 1.60. The quantitative estimate of drug-likeness (QED) is 0.436. The predicted octanol–water partition coefficient (Wildman–Crippen LogP) is 2.75. The maximum absolute atomic E-state index is 13.3. The van der Waals surface area contributed by atoms with Gasteiger partial charge in [-0.15, -0.1) is 10.2 Å². The van der Waals surface area contributed by atoms with Gasteiger partial charge < -0.3 is 14.7 Å². The van der Waals surface area contributed by atoms with Crippen molar-refractivity contribution in [2.24, 2.45) is 0 Å². The van der Waals surface area contributed by atoms with Crippen LogP contribution in [0.15, 0.2) is 23.4 Å². The lowest BCUT2D eigenvalue weighted by Gasteiger charge is -2.40. The lowest BCUT2D eigenvalue weighted by atomic mass is 9.90. The zero-order chi connectivity index (χ0) is 26.8. The van der Waals surface area contributed by atoms with Gasteiger partial charge in [0.1, 0.15) is 4.90 Å². The summed E-state index contributed by atoms with van der Waals surface area (Å²) in [6.07, 6.45) is -6.33. The van der Waals surface area contributed by atoms with E-state index >= 15 is 0 Å². The van der Waals surface area contributed by atoms with E-state index in [-0.39, 0.29) is 47.7 Å². The minimum Gasteiger partial charge on any atom is -0.380 e. The highest BCUT2D eigenvalue weighted by molar-refractivity contribution is 7.89. The number of alkyl halides is 5. The molecule has 10 nitrogen and oxygen atoms in total. The maximum Gasteiger partial charge on any atom is 0.417 e. The Morgan fingerprint density at radius 3 is 2.43 bits per heavy atom. The van der Waals surface area contributed by atoms with Gasteiger partial charge in [0.25, 0.3) is 6.43 Å². The number of aliphatic hydroxyl groups is 1. The van der Waals surface area contributed by atoms with E-state index in [1.807, 2.05) is 0 Å². The van der Waals surface area contributed by atoms with Gasteiger partial charge in [-0.1, -0.05) is 11.3 Å². The second-order valence-corrected chi connectivity index (χ2v) is 12.0. The van der Waals surface area contributed by atoms with Gasteiger partial charge in [-0.2, -0.15) is 13.2 Å². The standard InChI is InChI=1S/C20H21F5N6O4S2/c1-18(9-35-10-18)29-37(33,34)11-6-12(30-4-2-19(32,3-5-30)20(23,24)25)13-7-26-15(31(13)8-11)17-28-27-16(36-17)14(21)22/h6-8,14,29,32H,2-5,9-10H2,1H3. The zero-order valence-electron chi connectivity index (χ0n) is 19.2. The average Bonchev–Trinajstić information content (AvgIpc) is 3.44. The van der Waals surface area contributed by atoms with Crippen LogP contribution in [0, 0.1) is 0 Å². The number of anilines is 1. The molecule has 0 amide bonds. The van der Waals surface area contributed by atoms with Crippen LogP contribution in [0.25, 0.3) is 16.3 Å². The van der Waals surface area contributed by atoms with Gasteiger partial charge in [-0.3, -0.25) is 4.40 Å². The molecule has 3 aromatic rings. The molecule has 0 aromatic carbocycles. The van der Waals surface area contributed by atoms with Crippen molar-refractivity contribution in [1.29, 1.82) is 0 Å². The van der Waals surface area contributed by atoms with Crippen molar-refractivity contribution in [2.75, 3.05) is 31.2 Å². The van der Waals surface area contributed by atoms with E-state index in [4.69, 9.17) is 4.74 Å². The van der Waals surface area contributed by atoms with Crippen LogP contribution >= 0.6 is 11.3 Å². The molecule has 0 unspecified atom stereocenters.